The molecular weight excluding hydrogens is 430 g/mol. The number of carbonyl (C=O) groups is 1. The van der Waals surface area contributed by atoms with Gasteiger partial charge in [-0.3, -0.25) is 4.79 Å². The Morgan fingerprint density at radius 1 is 1.07 bits per heavy atom. The molecule has 9 heteroatoms. The first-order valence-electron chi connectivity index (χ1n) is 8.62. The number of rotatable bonds is 3. The molecule has 4 nitrogen and oxygen atoms in total. The molecule has 160 valence electrons. The number of alkyl halides is 3. The first-order chi connectivity index (χ1) is 13.6. The van der Waals surface area contributed by atoms with Crippen LogP contribution in [0.15, 0.2) is 54.6 Å². The van der Waals surface area contributed by atoms with E-state index < -0.39 is 6.18 Å². The van der Waals surface area contributed by atoms with Gasteiger partial charge in [0.1, 0.15) is 6.61 Å². The lowest BCUT2D eigenvalue weighted by Crippen LogP contribution is -2.45. The molecule has 1 aliphatic heterocycles. The van der Waals surface area contributed by atoms with E-state index in [0.717, 1.165) is 10.6 Å². The lowest BCUT2D eigenvalue weighted by molar-refractivity contribution is -0.149. The molecular formula is C20H22Cl2F3NO3. The number of aliphatic hydroxyl groups is 1. The van der Waals surface area contributed by atoms with Gasteiger partial charge in [0.15, 0.2) is 0 Å². The van der Waals surface area contributed by atoms with Crippen molar-refractivity contribution in [3.8, 4) is 0 Å². The Bertz CT molecular complexity index is 722. The summed E-state index contributed by atoms with van der Waals surface area (Å²) < 4.78 is 36.3. The third-order valence-corrected chi connectivity index (χ3v) is 4.03. The van der Waals surface area contributed by atoms with E-state index in [4.69, 9.17) is 33.0 Å². The van der Waals surface area contributed by atoms with Crippen molar-refractivity contribution in [3.05, 3.63) is 70.2 Å². The largest absolute Gasteiger partial charge is 0.395 e. The third kappa shape index (κ3) is 11.1. The lowest BCUT2D eigenvalue weighted by atomic mass is 10.0. The van der Waals surface area contributed by atoms with Gasteiger partial charge >= 0.3 is 6.18 Å². The number of nitrogens with zero attached hydrogens (tertiary/aromatic N) is 1. The van der Waals surface area contributed by atoms with Crippen molar-refractivity contribution < 1.29 is 27.8 Å². The first kappa shape index (κ1) is 25.2. The number of β-amino-alcohol motifs (C(OH)–C–C–N with tert-alkyl or cyclic N) is 1. The highest BCUT2D eigenvalue weighted by molar-refractivity contribution is 6.30. The molecule has 2 aromatic rings. The molecule has 2 aromatic carbocycles. The van der Waals surface area contributed by atoms with Gasteiger partial charge in [0.25, 0.3) is 0 Å². The van der Waals surface area contributed by atoms with Crippen LogP contribution in [0.1, 0.15) is 18.5 Å². The topological polar surface area (TPSA) is 49.8 Å². The van der Waals surface area contributed by atoms with Crippen molar-refractivity contribution in [1.82, 2.24) is 4.90 Å². The second-order valence-corrected chi connectivity index (χ2v) is 6.84. The molecule has 29 heavy (non-hydrogen) atoms. The predicted octanol–water partition coefficient (Wildman–Crippen LogP) is 5.14. The molecule has 1 atom stereocenters. The molecule has 1 N–H and O–H groups in total. The van der Waals surface area contributed by atoms with Crippen molar-refractivity contribution in [2.75, 3.05) is 26.4 Å². The van der Waals surface area contributed by atoms with Crippen molar-refractivity contribution in [2.24, 2.45) is 0 Å². The fourth-order valence-electron chi connectivity index (χ4n) is 2.37. The summed E-state index contributed by atoms with van der Waals surface area (Å²) in [5.74, 6) is -0.0924. The Morgan fingerprint density at radius 2 is 1.59 bits per heavy atom. The maximum absolute atomic E-state index is 11.7. The monoisotopic (exact) mass is 451 g/mol. The van der Waals surface area contributed by atoms with Gasteiger partial charge in [-0.05, 0) is 29.8 Å². The molecule has 0 spiro atoms. The van der Waals surface area contributed by atoms with Gasteiger partial charge in [0, 0.05) is 23.5 Å². The molecule has 0 radical (unpaired) electrons. The standard InChI is InChI=1S/C12H14ClNO3.C6H5Cl.C2H3F3/c13-10-3-1-9(2-4-10)11-7-17-8-12(16)14(11)5-6-15;7-6-4-2-1-3-5-6;1-2(3,4)5/h1-4,11,15H,5-8H2;1-5H;1H3. The van der Waals surface area contributed by atoms with Crippen LogP contribution in [0.5, 0.6) is 0 Å². The molecule has 1 unspecified atom stereocenters. The SMILES string of the molecule is CC(F)(F)F.Clc1ccccc1.O=C1COCC(c2ccc(Cl)cc2)N1CCO. The molecule has 0 aromatic heterocycles. The minimum atomic E-state index is -4.00. The molecule has 0 saturated carbocycles. The fraction of sp³-hybridized carbons (Fsp3) is 0.350. The van der Waals surface area contributed by atoms with Crippen molar-refractivity contribution in [2.45, 2.75) is 19.1 Å². The lowest BCUT2D eigenvalue weighted by Gasteiger charge is -2.35. The van der Waals surface area contributed by atoms with Gasteiger partial charge in [-0.15, -0.1) is 0 Å². The molecule has 0 aliphatic carbocycles. The highest BCUT2D eigenvalue weighted by Crippen LogP contribution is 2.25. The summed E-state index contributed by atoms with van der Waals surface area (Å²) in [5, 5.41) is 10.4. The fourth-order valence-corrected chi connectivity index (χ4v) is 2.64. The Morgan fingerprint density at radius 3 is 2.03 bits per heavy atom. The number of hydrogen-bond donors (Lipinski definition) is 1. The Balaban J connectivity index is 0.000000288. The molecule has 1 saturated heterocycles. The van der Waals surface area contributed by atoms with E-state index in [0.29, 0.717) is 18.2 Å². The van der Waals surface area contributed by atoms with Crippen molar-refractivity contribution >= 4 is 29.1 Å². The van der Waals surface area contributed by atoms with Crippen LogP contribution in [0, 0.1) is 0 Å². The van der Waals surface area contributed by atoms with Crippen LogP contribution in [0.25, 0.3) is 0 Å². The molecule has 1 heterocycles. The smallest absolute Gasteiger partial charge is 0.386 e. The number of halogens is 5. The zero-order chi connectivity index (χ0) is 21.9. The normalized spacial score (nSPS) is 16.3. The van der Waals surface area contributed by atoms with Gasteiger partial charge in [-0.25, -0.2) is 0 Å². The van der Waals surface area contributed by atoms with Crippen LogP contribution in [0.3, 0.4) is 0 Å². The molecule has 3 rings (SSSR count). The summed E-state index contributed by atoms with van der Waals surface area (Å²) in [6, 6.07) is 16.6. The van der Waals surface area contributed by atoms with Gasteiger partial charge in [0.05, 0.1) is 19.3 Å². The van der Waals surface area contributed by atoms with Crippen LogP contribution in [0.2, 0.25) is 10.0 Å². The van der Waals surface area contributed by atoms with Crippen LogP contribution in [-0.4, -0.2) is 48.5 Å². The number of carbonyl (C=O) groups excluding carboxylic acids is 1. The number of benzene rings is 2. The van der Waals surface area contributed by atoms with Crippen molar-refractivity contribution in [3.63, 3.8) is 0 Å². The summed E-state index contributed by atoms with van der Waals surface area (Å²) in [7, 11) is 0. The number of ether oxygens (including phenoxy) is 1. The molecule has 1 fully saturated rings. The van der Waals surface area contributed by atoms with Crippen LogP contribution in [-0.2, 0) is 9.53 Å². The van der Waals surface area contributed by atoms with Gasteiger partial charge in [-0.1, -0.05) is 53.5 Å². The summed E-state index contributed by atoms with van der Waals surface area (Å²) >= 11 is 11.4. The summed E-state index contributed by atoms with van der Waals surface area (Å²) in [6.07, 6.45) is -4.00. The Labute approximate surface area is 177 Å². The average Bonchev–Trinajstić information content (AvgIpc) is 2.64. The molecule has 1 aliphatic rings. The van der Waals surface area contributed by atoms with Crippen LogP contribution >= 0.6 is 23.2 Å². The maximum atomic E-state index is 11.7. The van der Waals surface area contributed by atoms with Crippen molar-refractivity contribution in [1.29, 1.82) is 0 Å². The molecule has 1 amide bonds. The minimum Gasteiger partial charge on any atom is -0.395 e. The molecule has 0 bridgehead atoms. The minimum absolute atomic E-state index is 0.0458. The maximum Gasteiger partial charge on any atom is 0.386 e. The summed E-state index contributed by atoms with van der Waals surface area (Å²) in [4.78, 5) is 13.3. The van der Waals surface area contributed by atoms with E-state index in [1.54, 1.807) is 17.0 Å². The predicted molar refractivity (Wildman–Crippen MR) is 107 cm³/mol. The van der Waals surface area contributed by atoms with E-state index in [9.17, 15) is 18.0 Å². The summed E-state index contributed by atoms with van der Waals surface area (Å²) in [5.41, 5.74) is 0.968. The third-order valence-electron chi connectivity index (χ3n) is 3.53. The second-order valence-electron chi connectivity index (χ2n) is 5.97. The zero-order valence-corrected chi connectivity index (χ0v) is 17.2. The van der Waals surface area contributed by atoms with E-state index in [2.05, 4.69) is 0 Å². The Kier molecular flexibility index (Phi) is 11.0. The van der Waals surface area contributed by atoms with Gasteiger partial charge in [-0.2, -0.15) is 13.2 Å². The van der Waals surface area contributed by atoms with Gasteiger partial charge < -0.3 is 14.7 Å². The van der Waals surface area contributed by atoms with E-state index in [-0.39, 0.29) is 32.1 Å². The van der Waals surface area contributed by atoms with Crippen LogP contribution < -0.4 is 0 Å². The van der Waals surface area contributed by atoms with E-state index in [1.807, 2.05) is 42.5 Å². The van der Waals surface area contributed by atoms with Crippen LogP contribution in [0.4, 0.5) is 13.2 Å². The van der Waals surface area contributed by atoms with E-state index in [1.165, 1.54) is 0 Å². The number of amides is 1. The zero-order valence-electron chi connectivity index (χ0n) is 15.7. The highest BCUT2D eigenvalue weighted by atomic mass is 35.5. The first-order valence-corrected chi connectivity index (χ1v) is 9.38. The number of morpholine rings is 1. The second kappa shape index (κ2) is 12.7. The highest BCUT2D eigenvalue weighted by Gasteiger charge is 2.29. The number of aliphatic hydroxyl groups excluding tert-OH is 1. The summed E-state index contributed by atoms with van der Waals surface area (Å²) in [6.45, 7) is 1.01. The van der Waals surface area contributed by atoms with Gasteiger partial charge in [0.2, 0.25) is 5.91 Å². The number of hydrogen-bond acceptors (Lipinski definition) is 3. The average molecular weight is 452 g/mol. The van der Waals surface area contributed by atoms with E-state index >= 15 is 0 Å². The quantitative estimate of drug-likeness (QED) is 0.702. The Hall–Kier alpha value is -1.80.